The van der Waals surface area contributed by atoms with E-state index in [-0.39, 0.29) is 0 Å². The smallest absolute Gasteiger partial charge is 0.0725 e. The van der Waals surface area contributed by atoms with Crippen molar-refractivity contribution >= 4 is 0 Å². The summed E-state index contributed by atoms with van der Waals surface area (Å²) in [5.41, 5.74) is 5.53. The zero-order valence-electron chi connectivity index (χ0n) is 13.0. The van der Waals surface area contributed by atoms with E-state index in [1.54, 1.807) is 0 Å². The summed E-state index contributed by atoms with van der Waals surface area (Å²) in [6.45, 7) is 2.99. The van der Waals surface area contributed by atoms with Crippen LogP contribution in [0.1, 0.15) is 90.4 Å². The van der Waals surface area contributed by atoms with Crippen LogP contribution in [0.25, 0.3) is 0 Å². The quantitative estimate of drug-likeness (QED) is 0.487. The molecule has 2 nitrogen and oxygen atoms in total. The van der Waals surface area contributed by atoms with E-state index in [2.05, 4.69) is 6.92 Å². The standard InChI is InChI=1S/C17H35NO/c1-2-3-4-5-6-7-8-9-10-11-12-13-16-14-17(15-18)19-16/h16-17H,2-15,18H2,1H3. The molecule has 0 aromatic carbocycles. The average Bonchev–Trinajstić information content (AvgIpc) is 2.38. The normalized spacial score (nSPS) is 22.4. The van der Waals surface area contributed by atoms with Gasteiger partial charge in [-0.3, -0.25) is 0 Å². The molecule has 2 N–H and O–H groups in total. The SMILES string of the molecule is CCCCCCCCCCCCCC1CC(CN)O1. The lowest BCUT2D eigenvalue weighted by Gasteiger charge is -2.35. The van der Waals surface area contributed by atoms with Gasteiger partial charge in [0.15, 0.2) is 0 Å². The van der Waals surface area contributed by atoms with E-state index in [0.717, 1.165) is 0 Å². The fraction of sp³-hybridized carbons (Fsp3) is 1.00. The van der Waals surface area contributed by atoms with Crippen LogP contribution in [0.15, 0.2) is 0 Å². The molecule has 1 rings (SSSR count). The summed E-state index contributed by atoms with van der Waals surface area (Å²) in [5, 5.41) is 0. The van der Waals surface area contributed by atoms with Crippen molar-refractivity contribution in [2.75, 3.05) is 6.54 Å². The van der Waals surface area contributed by atoms with E-state index >= 15 is 0 Å². The van der Waals surface area contributed by atoms with E-state index in [1.165, 1.54) is 83.5 Å². The van der Waals surface area contributed by atoms with Crippen molar-refractivity contribution in [3.63, 3.8) is 0 Å². The molecule has 1 aliphatic heterocycles. The third-order valence-electron chi connectivity index (χ3n) is 4.30. The Morgan fingerprint density at radius 2 is 1.26 bits per heavy atom. The summed E-state index contributed by atoms with van der Waals surface area (Å²) in [6.07, 6.45) is 19.0. The highest BCUT2D eigenvalue weighted by molar-refractivity contribution is 4.77. The second-order valence-corrected chi connectivity index (χ2v) is 6.18. The molecule has 1 fully saturated rings. The molecule has 0 saturated carbocycles. The van der Waals surface area contributed by atoms with E-state index in [0.29, 0.717) is 18.8 Å². The highest BCUT2D eigenvalue weighted by Crippen LogP contribution is 2.24. The van der Waals surface area contributed by atoms with Crippen molar-refractivity contribution in [3.8, 4) is 0 Å². The first-order valence-electron chi connectivity index (χ1n) is 8.72. The van der Waals surface area contributed by atoms with Crippen LogP contribution in [0.5, 0.6) is 0 Å². The number of nitrogens with two attached hydrogens (primary N) is 1. The van der Waals surface area contributed by atoms with Crippen molar-refractivity contribution in [2.24, 2.45) is 5.73 Å². The van der Waals surface area contributed by atoms with Crippen LogP contribution in [-0.2, 0) is 4.74 Å². The molecule has 19 heavy (non-hydrogen) atoms. The minimum Gasteiger partial charge on any atom is -0.373 e. The molecule has 2 unspecified atom stereocenters. The van der Waals surface area contributed by atoms with E-state index in [4.69, 9.17) is 10.5 Å². The molecule has 2 heteroatoms. The Morgan fingerprint density at radius 1 is 0.789 bits per heavy atom. The molecule has 1 heterocycles. The molecule has 114 valence electrons. The van der Waals surface area contributed by atoms with Crippen molar-refractivity contribution in [1.29, 1.82) is 0 Å². The summed E-state index contributed by atoms with van der Waals surface area (Å²) in [7, 11) is 0. The number of ether oxygens (including phenoxy) is 1. The maximum atomic E-state index is 5.66. The summed E-state index contributed by atoms with van der Waals surface area (Å²) in [6, 6.07) is 0. The Balaban J connectivity index is 1.68. The van der Waals surface area contributed by atoms with Gasteiger partial charge in [0, 0.05) is 13.0 Å². The van der Waals surface area contributed by atoms with E-state index < -0.39 is 0 Å². The van der Waals surface area contributed by atoms with Crippen LogP contribution in [0.3, 0.4) is 0 Å². The molecule has 0 bridgehead atoms. The number of hydrogen-bond donors (Lipinski definition) is 1. The number of hydrogen-bond acceptors (Lipinski definition) is 2. The highest BCUT2D eigenvalue weighted by atomic mass is 16.5. The Hall–Kier alpha value is -0.0800. The van der Waals surface area contributed by atoms with E-state index in [1.807, 2.05) is 0 Å². The van der Waals surface area contributed by atoms with Gasteiger partial charge in [0.2, 0.25) is 0 Å². The van der Waals surface area contributed by atoms with Gasteiger partial charge >= 0.3 is 0 Å². The summed E-state index contributed by atoms with van der Waals surface area (Å²) in [4.78, 5) is 0. The van der Waals surface area contributed by atoms with E-state index in [9.17, 15) is 0 Å². The van der Waals surface area contributed by atoms with Gasteiger partial charge in [0.1, 0.15) is 0 Å². The monoisotopic (exact) mass is 269 g/mol. The Morgan fingerprint density at radius 3 is 1.74 bits per heavy atom. The van der Waals surface area contributed by atoms with Crippen LogP contribution < -0.4 is 5.73 Å². The fourth-order valence-corrected chi connectivity index (χ4v) is 2.93. The molecular formula is C17H35NO. The zero-order chi connectivity index (χ0) is 13.8. The molecule has 0 aromatic heterocycles. The maximum absolute atomic E-state index is 5.66. The largest absolute Gasteiger partial charge is 0.373 e. The second-order valence-electron chi connectivity index (χ2n) is 6.18. The Bertz CT molecular complexity index is 190. The van der Waals surface area contributed by atoms with Crippen LogP contribution in [0.4, 0.5) is 0 Å². The number of rotatable bonds is 13. The highest BCUT2D eigenvalue weighted by Gasteiger charge is 2.27. The van der Waals surface area contributed by atoms with Gasteiger partial charge in [0.25, 0.3) is 0 Å². The first-order chi connectivity index (χ1) is 9.36. The average molecular weight is 269 g/mol. The molecule has 0 radical (unpaired) electrons. The molecule has 0 aromatic rings. The summed E-state index contributed by atoms with van der Waals surface area (Å²) >= 11 is 0. The van der Waals surface area contributed by atoms with Gasteiger partial charge in [-0.2, -0.15) is 0 Å². The second kappa shape index (κ2) is 11.7. The third kappa shape index (κ3) is 8.65. The van der Waals surface area contributed by atoms with Crippen molar-refractivity contribution in [1.82, 2.24) is 0 Å². The van der Waals surface area contributed by atoms with Crippen molar-refractivity contribution < 1.29 is 4.74 Å². The Labute approximate surface area is 120 Å². The first kappa shape index (κ1) is 17.0. The topological polar surface area (TPSA) is 35.2 Å². The van der Waals surface area contributed by atoms with Crippen LogP contribution in [0.2, 0.25) is 0 Å². The molecule has 0 aliphatic carbocycles. The van der Waals surface area contributed by atoms with Gasteiger partial charge in [-0.05, 0) is 6.42 Å². The van der Waals surface area contributed by atoms with Gasteiger partial charge in [-0.1, -0.05) is 77.6 Å². The van der Waals surface area contributed by atoms with Crippen LogP contribution >= 0.6 is 0 Å². The van der Waals surface area contributed by atoms with Gasteiger partial charge in [-0.25, -0.2) is 0 Å². The predicted octanol–water partition coefficient (Wildman–Crippen LogP) is 4.80. The molecule has 1 aliphatic rings. The predicted molar refractivity (Wildman–Crippen MR) is 83.4 cm³/mol. The minimum absolute atomic E-state index is 0.373. The minimum atomic E-state index is 0.373. The van der Waals surface area contributed by atoms with Crippen LogP contribution in [0, 0.1) is 0 Å². The lowest BCUT2D eigenvalue weighted by molar-refractivity contribution is -0.121. The summed E-state index contributed by atoms with van der Waals surface area (Å²) in [5.74, 6) is 0. The number of unbranched alkanes of at least 4 members (excludes halogenated alkanes) is 10. The fourth-order valence-electron chi connectivity index (χ4n) is 2.93. The van der Waals surface area contributed by atoms with Crippen molar-refractivity contribution in [2.45, 2.75) is 103 Å². The molecule has 2 atom stereocenters. The lowest BCUT2D eigenvalue weighted by atomic mass is 9.98. The van der Waals surface area contributed by atoms with Gasteiger partial charge in [-0.15, -0.1) is 0 Å². The molecular weight excluding hydrogens is 234 g/mol. The molecule has 1 saturated heterocycles. The molecule has 0 amide bonds. The third-order valence-corrected chi connectivity index (χ3v) is 4.30. The maximum Gasteiger partial charge on any atom is 0.0725 e. The van der Waals surface area contributed by atoms with Gasteiger partial charge in [0.05, 0.1) is 12.2 Å². The lowest BCUT2D eigenvalue weighted by Crippen LogP contribution is -2.42. The summed E-state index contributed by atoms with van der Waals surface area (Å²) < 4.78 is 5.66. The molecule has 0 spiro atoms. The van der Waals surface area contributed by atoms with Gasteiger partial charge < -0.3 is 10.5 Å². The van der Waals surface area contributed by atoms with Crippen molar-refractivity contribution in [3.05, 3.63) is 0 Å². The Kier molecular flexibility index (Phi) is 10.5. The first-order valence-corrected chi connectivity index (χ1v) is 8.72. The van der Waals surface area contributed by atoms with Crippen LogP contribution in [-0.4, -0.2) is 18.8 Å². The zero-order valence-corrected chi connectivity index (χ0v) is 13.0.